The second kappa shape index (κ2) is 3.37. The molecule has 70 valence electrons. The fourth-order valence-corrected chi connectivity index (χ4v) is 3.00. The lowest BCUT2D eigenvalue weighted by Crippen LogP contribution is -2.25. The normalized spacial score (nSPS) is 40.8. The minimum absolute atomic E-state index is 0.899. The van der Waals surface area contributed by atoms with Crippen molar-refractivity contribution in [3.05, 3.63) is 0 Å². The summed E-state index contributed by atoms with van der Waals surface area (Å²) in [4.78, 5) is 2.67. The Morgan fingerprint density at radius 1 is 1.33 bits per heavy atom. The first-order valence-corrected chi connectivity index (χ1v) is 5.48. The molecular weight excluding hydrogens is 146 g/mol. The van der Waals surface area contributed by atoms with Gasteiger partial charge in [-0.3, -0.25) is 0 Å². The Balaban J connectivity index is 1.91. The highest BCUT2D eigenvalue weighted by molar-refractivity contribution is 4.87. The van der Waals surface area contributed by atoms with Gasteiger partial charge in [-0.05, 0) is 43.6 Å². The first kappa shape index (κ1) is 8.55. The first-order valence-electron chi connectivity index (χ1n) is 5.48. The average molecular weight is 167 g/mol. The van der Waals surface area contributed by atoms with Crippen LogP contribution >= 0.6 is 0 Å². The number of rotatable bonds is 2. The molecule has 2 aliphatic heterocycles. The van der Waals surface area contributed by atoms with Crippen LogP contribution in [0.25, 0.3) is 0 Å². The highest BCUT2D eigenvalue weighted by Gasteiger charge is 2.35. The Labute approximate surface area is 76.1 Å². The molecule has 0 radical (unpaired) electrons. The first-order chi connectivity index (χ1) is 5.75. The second-order valence-electron chi connectivity index (χ2n) is 5.05. The maximum absolute atomic E-state index is 2.67. The molecular formula is C11H21N. The van der Waals surface area contributed by atoms with E-state index in [1.807, 2.05) is 0 Å². The van der Waals surface area contributed by atoms with Crippen LogP contribution in [0.2, 0.25) is 0 Å². The van der Waals surface area contributed by atoms with E-state index in [0.717, 1.165) is 17.8 Å². The molecule has 0 amide bonds. The van der Waals surface area contributed by atoms with Gasteiger partial charge in [0, 0.05) is 13.1 Å². The zero-order valence-electron chi connectivity index (χ0n) is 8.42. The molecule has 0 saturated carbocycles. The highest BCUT2D eigenvalue weighted by atomic mass is 15.2. The minimum atomic E-state index is 0.899. The van der Waals surface area contributed by atoms with Crippen molar-refractivity contribution in [1.29, 1.82) is 0 Å². The smallest absolute Gasteiger partial charge is 0.00130 e. The maximum Gasteiger partial charge on any atom is 0.00130 e. The fourth-order valence-electron chi connectivity index (χ4n) is 3.00. The third-order valence-electron chi connectivity index (χ3n) is 3.48. The van der Waals surface area contributed by atoms with Crippen LogP contribution in [-0.2, 0) is 0 Å². The number of piperidine rings is 1. The molecule has 2 bridgehead atoms. The summed E-state index contributed by atoms with van der Waals surface area (Å²) in [6.45, 7) is 8.92. The van der Waals surface area contributed by atoms with E-state index < -0.39 is 0 Å². The number of nitrogens with zero attached hydrogens (tertiary/aromatic N) is 1. The standard InChI is InChI=1S/C11H21N/c1-9(2)6-11-8-12-5-3-4-10(11)7-12/h9-11H,3-8H2,1-2H3/t10-,11+/m1/s1. The Bertz CT molecular complexity index is 151. The zero-order valence-corrected chi connectivity index (χ0v) is 8.42. The molecule has 2 fully saturated rings. The van der Waals surface area contributed by atoms with Crippen molar-refractivity contribution in [2.75, 3.05) is 19.6 Å². The van der Waals surface area contributed by atoms with Crippen LogP contribution in [0.15, 0.2) is 0 Å². The summed E-state index contributed by atoms with van der Waals surface area (Å²) in [6.07, 6.45) is 4.42. The van der Waals surface area contributed by atoms with Crippen molar-refractivity contribution >= 4 is 0 Å². The lowest BCUT2D eigenvalue weighted by molar-refractivity contribution is 0.266. The lowest BCUT2D eigenvalue weighted by Gasteiger charge is -2.22. The van der Waals surface area contributed by atoms with Gasteiger partial charge in [-0.25, -0.2) is 0 Å². The van der Waals surface area contributed by atoms with Crippen LogP contribution < -0.4 is 0 Å². The molecule has 2 heterocycles. The van der Waals surface area contributed by atoms with Gasteiger partial charge in [-0.1, -0.05) is 13.8 Å². The van der Waals surface area contributed by atoms with E-state index in [-0.39, 0.29) is 0 Å². The van der Waals surface area contributed by atoms with E-state index in [9.17, 15) is 0 Å². The van der Waals surface area contributed by atoms with E-state index in [4.69, 9.17) is 0 Å². The Kier molecular flexibility index (Phi) is 2.40. The van der Waals surface area contributed by atoms with Gasteiger partial charge in [-0.15, -0.1) is 0 Å². The Morgan fingerprint density at radius 3 is 2.83 bits per heavy atom. The topological polar surface area (TPSA) is 3.24 Å². The van der Waals surface area contributed by atoms with Crippen LogP contribution in [0.1, 0.15) is 33.1 Å². The fraction of sp³-hybridized carbons (Fsp3) is 1.00. The molecule has 1 unspecified atom stereocenters. The zero-order chi connectivity index (χ0) is 8.55. The monoisotopic (exact) mass is 167 g/mol. The van der Waals surface area contributed by atoms with E-state index in [1.165, 1.54) is 38.9 Å². The molecule has 0 spiro atoms. The molecule has 0 aliphatic carbocycles. The SMILES string of the molecule is CC(C)C[C@H]1CN2CCC[C@@H]1C2. The van der Waals surface area contributed by atoms with Gasteiger partial charge in [0.2, 0.25) is 0 Å². The van der Waals surface area contributed by atoms with Gasteiger partial charge >= 0.3 is 0 Å². The van der Waals surface area contributed by atoms with Gasteiger partial charge in [0.15, 0.2) is 0 Å². The number of fused-ring (bicyclic) bond motifs is 2. The van der Waals surface area contributed by atoms with E-state index in [1.54, 1.807) is 0 Å². The Hall–Kier alpha value is -0.0400. The van der Waals surface area contributed by atoms with Gasteiger partial charge in [0.25, 0.3) is 0 Å². The summed E-state index contributed by atoms with van der Waals surface area (Å²) in [5.41, 5.74) is 0. The number of hydrogen-bond acceptors (Lipinski definition) is 1. The molecule has 1 heteroatoms. The van der Waals surface area contributed by atoms with Crippen molar-refractivity contribution < 1.29 is 0 Å². The molecule has 0 aromatic heterocycles. The van der Waals surface area contributed by atoms with Crippen LogP contribution in [0, 0.1) is 17.8 Å². The van der Waals surface area contributed by atoms with Crippen molar-refractivity contribution in [2.24, 2.45) is 17.8 Å². The molecule has 2 saturated heterocycles. The molecule has 2 aliphatic rings. The third kappa shape index (κ3) is 1.66. The van der Waals surface area contributed by atoms with Gasteiger partial charge in [0.1, 0.15) is 0 Å². The molecule has 0 N–H and O–H groups in total. The predicted molar refractivity (Wildman–Crippen MR) is 52.1 cm³/mol. The molecule has 1 nitrogen and oxygen atoms in total. The molecule has 2 rings (SSSR count). The maximum atomic E-state index is 2.67. The Morgan fingerprint density at radius 2 is 2.17 bits per heavy atom. The summed E-state index contributed by atoms with van der Waals surface area (Å²) in [7, 11) is 0. The molecule has 3 atom stereocenters. The largest absolute Gasteiger partial charge is 0.303 e. The summed E-state index contributed by atoms with van der Waals surface area (Å²) in [5.74, 6) is 2.99. The van der Waals surface area contributed by atoms with Crippen LogP contribution in [0.4, 0.5) is 0 Å². The van der Waals surface area contributed by atoms with Crippen LogP contribution in [-0.4, -0.2) is 24.5 Å². The van der Waals surface area contributed by atoms with E-state index in [0.29, 0.717) is 0 Å². The third-order valence-corrected chi connectivity index (χ3v) is 3.48. The molecule has 12 heavy (non-hydrogen) atoms. The quantitative estimate of drug-likeness (QED) is 0.610. The summed E-state index contributed by atoms with van der Waals surface area (Å²) in [5, 5.41) is 0. The summed E-state index contributed by atoms with van der Waals surface area (Å²) >= 11 is 0. The highest BCUT2D eigenvalue weighted by Crippen LogP contribution is 2.35. The predicted octanol–water partition coefficient (Wildman–Crippen LogP) is 2.37. The second-order valence-corrected chi connectivity index (χ2v) is 5.05. The van der Waals surface area contributed by atoms with Gasteiger partial charge in [0.05, 0.1) is 0 Å². The lowest BCUT2D eigenvalue weighted by atomic mass is 9.85. The summed E-state index contributed by atoms with van der Waals surface area (Å²) < 4.78 is 0. The number of hydrogen-bond donors (Lipinski definition) is 0. The van der Waals surface area contributed by atoms with Crippen molar-refractivity contribution in [3.8, 4) is 0 Å². The molecule has 0 aromatic rings. The van der Waals surface area contributed by atoms with Gasteiger partial charge < -0.3 is 4.90 Å². The van der Waals surface area contributed by atoms with Crippen LogP contribution in [0.5, 0.6) is 0 Å². The summed E-state index contributed by atoms with van der Waals surface area (Å²) in [6, 6.07) is 0. The van der Waals surface area contributed by atoms with Gasteiger partial charge in [-0.2, -0.15) is 0 Å². The average Bonchev–Trinajstić information content (AvgIpc) is 2.26. The van der Waals surface area contributed by atoms with Crippen molar-refractivity contribution in [2.45, 2.75) is 33.1 Å². The molecule has 0 aromatic carbocycles. The minimum Gasteiger partial charge on any atom is -0.303 e. The van der Waals surface area contributed by atoms with Crippen LogP contribution in [0.3, 0.4) is 0 Å². The van der Waals surface area contributed by atoms with Crippen molar-refractivity contribution in [3.63, 3.8) is 0 Å². The van der Waals surface area contributed by atoms with E-state index >= 15 is 0 Å². The van der Waals surface area contributed by atoms with Crippen molar-refractivity contribution in [1.82, 2.24) is 4.90 Å². The van der Waals surface area contributed by atoms with E-state index in [2.05, 4.69) is 18.7 Å².